The molecule has 0 spiro atoms. The molecular formula is C19H29FN6O. The average Bonchev–Trinajstić information content (AvgIpc) is 3.34. The number of hydrazine groups is 2. The molecule has 2 aliphatic heterocycles. The molecule has 27 heavy (non-hydrogen) atoms. The fourth-order valence-electron chi connectivity index (χ4n) is 4.52. The van der Waals surface area contributed by atoms with Gasteiger partial charge in [-0.3, -0.25) is 4.90 Å². The van der Waals surface area contributed by atoms with E-state index >= 15 is 0 Å². The van der Waals surface area contributed by atoms with Gasteiger partial charge >= 0.3 is 6.03 Å². The Morgan fingerprint density at radius 1 is 1.19 bits per heavy atom. The van der Waals surface area contributed by atoms with Crippen molar-refractivity contribution in [3.63, 3.8) is 0 Å². The number of fused-ring (bicyclic) bond motifs is 1. The minimum absolute atomic E-state index is 0.125. The van der Waals surface area contributed by atoms with E-state index in [1.165, 1.54) is 6.07 Å². The summed E-state index contributed by atoms with van der Waals surface area (Å²) in [5.41, 5.74) is 10.0. The van der Waals surface area contributed by atoms with Crippen molar-refractivity contribution in [2.75, 3.05) is 19.6 Å². The number of nitrogens with zero attached hydrogens (tertiary/aromatic N) is 1. The smallest absolute Gasteiger partial charge is 0.315 e. The Balaban J connectivity index is 1.33. The second-order valence-corrected chi connectivity index (χ2v) is 7.77. The molecule has 0 radical (unpaired) electrons. The molecule has 1 aromatic carbocycles. The van der Waals surface area contributed by atoms with E-state index in [1.54, 1.807) is 6.07 Å². The summed E-state index contributed by atoms with van der Waals surface area (Å²) in [7, 11) is 0. The van der Waals surface area contributed by atoms with E-state index < -0.39 is 0 Å². The van der Waals surface area contributed by atoms with Gasteiger partial charge in [-0.1, -0.05) is 18.2 Å². The van der Waals surface area contributed by atoms with Crippen molar-refractivity contribution < 1.29 is 9.18 Å². The summed E-state index contributed by atoms with van der Waals surface area (Å²) < 4.78 is 14.3. The van der Waals surface area contributed by atoms with Crippen LogP contribution in [0.2, 0.25) is 0 Å². The van der Waals surface area contributed by atoms with Crippen LogP contribution < -0.4 is 27.0 Å². The fraction of sp³-hybridized carbons (Fsp3) is 0.632. The third-order valence-electron chi connectivity index (χ3n) is 6.00. The maximum Gasteiger partial charge on any atom is 0.315 e. The molecule has 2 heterocycles. The van der Waals surface area contributed by atoms with Crippen LogP contribution in [-0.2, 0) is 0 Å². The highest BCUT2D eigenvalue weighted by Gasteiger charge is 2.34. The van der Waals surface area contributed by atoms with Crippen molar-refractivity contribution in [1.82, 2.24) is 31.9 Å². The van der Waals surface area contributed by atoms with Crippen LogP contribution in [0.3, 0.4) is 0 Å². The lowest BCUT2D eigenvalue weighted by molar-refractivity contribution is 0.211. The van der Waals surface area contributed by atoms with Gasteiger partial charge in [0.15, 0.2) is 0 Å². The topological polar surface area (TPSA) is 80.5 Å². The molecule has 4 unspecified atom stereocenters. The normalized spacial score (nSPS) is 29.3. The molecule has 2 amide bonds. The van der Waals surface area contributed by atoms with Gasteiger partial charge in [0.2, 0.25) is 0 Å². The van der Waals surface area contributed by atoms with Crippen LogP contribution in [0.4, 0.5) is 9.18 Å². The molecule has 2 saturated heterocycles. The molecule has 3 fully saturated rings. The van der Waals surface area contributed by atoms with Crippen molar-refractivity contribution in [1.29, 1.82) is 0 Å². The number of rotatable bonds is 5. The second-order valence-electron chi connectivity index (χ2n) is 7.77. The van der Waals surface area contributed by atoms with Crippen molar-refractivity contribution in [2.24, 2.45) is 0 Å². The number of halogens is 1. The molecule has 8 heteroatoms. The molecule has 1 saturated carbocycles. The molecule has 148 valence electrons. The lowest BCUT2D eigenvalue weighted by Gasteiger charge is -2.32. The van der Waals surface area contributed by atoms with E-state index in [1.807, 2.05) is 12.1 Å². The first-order valence-corrected chi connectivity index (χ1v) is 9.99. The SMILES string of the molecule is O=C(NCC(c1ccccc1F)N1CCCC1)NC1CCC2NNNC2C1. The lowest BCUT2D eigenvalue weighted by Crippen LogP contribution is -2.51. The predicted octanol–water partition coefficient (Wildman–Crippen LogP) is 1.16. The van der Waals surface area contributed by atoms with Crippen molar-refractivity contribution >= 4 is 6.03 Å². The van der Waals surface area contributed by atoms with E-state index in [4.69, 9.17) is 0 Å². The van der Waals surface area contributed by atoms with Crippen molar-refractivity contribution in [2.45, 2.75) is 56.3 Å². The average molecular weight is 376 g/mol. The number of likely N-dealkylation sites (tertiary alicyclic amines) is 1. The Labute approximate surface area is 159 Å². The molecule has 5 N–H and O–H groups in total. The standard InChI is InChI=1S/C19H29FN6O/c20-15-6-2-1-5-14(15)18(26-9-3-4-10-26)12-21-19(27)22-13-7-8-16-17(11-13)24-25-23-16/h1-2,5-6,13,16-18,23-25H,3-4,7-12H2,(H2,21,22,27). The van der Waals surface area contributed by atoms with Crippen molar-refractivity contribution in [3.8, 4) is 0 Å². The minimum Gasteiger partial charge on any atom is -0.336 e. The summed E-state index contributed by atoms with van der Waals surface area (Å²) in [5.74, 6) is -0.206. The largest absolute Gasteiger partial charge is 0.336 e. The predicted molar refractivity (Wildman–Crippen MR) is 101 cm³/mol. The lowest BCUT2D eigenvalue weighted by atomic mass is 9.88. The zero-order valence-corrected chi connectivity index (χ0v) is 15.5. The Hall–Kier alpha value is -1.74. The number of carbonyl (C=O) groups excluding carboxylic acids is 1. The number of benzene rings is 1. The number of nitrogens with one attached hydrogen (secondary N) is 5. The van der Waals surface area contributed by atoms with Gasteiger partial charge in [-0.05, 0) is 51.3 Å². The highest BCUT2D eigenvalue weighted by molar-refractivity contribution is 5.74. The second kappa shape index (κ2) is 8.52. The van der Waals surface area contributed by atoms with Crippen LogP contribution >= 0.6 is 0 Å². The summed E-state index contributed by atoms with van der Waals surface area (Å²) in [5, 5.41) is 6.07. The Bertz CT molecular complexity index is 653. The zero-order chi connectivity index (χ0) is 18.6. The molecule has 4 rings (SSSR count). The molecule has 0 bridgehead atoms. The Morgan fingerprint density at radius 3 is 2.78 bits per heavy atom. The fourth-order valence-corrected chi connectivity index (χ4v) is 4.52. The molecule has 1 aromatic rings. The number of carbonyl (C=O) groups is 1. The van der Waals surface area contributed by atoms with Gasteiger partial charge in [0, 0.05) is 30.2 Å². The summed E-state index contributed by atoms with van der Waals surface area (Å²) in [6, 6.07) is 7.50. The van der Waals surface area contributed by atoms with E-state index in [2.05, 4.69) is 31.9 Å². The monoisotopic (exact) mass is 376 g/mol. The minimum atomic E-state index is -0.206. The van der Waals surface area contributed by atoms with E-state index in [0.717, 1.165) is 45.2 Å². The number of urea groups is 1. The van der Waals surface area contributed by atoms with Gasteiger partial charge in [-0.15, -0.1) is 0 Å². The summed E-state index contributed by atoms with van der Waals surface area (Å²) >= 11 is 0. The highest BCUT2D eigenvalue weighted by atomic mass is 19.1. The molecule has 0 aromatic heterocycles. The number of hydrogen-bond acceptors (Lipinski definition) is 5. The first-order chi connectivity index (χ1) is 13.2. The first kappa shape index (κ1) is 18.6. The maximum atomic E-state index is 14.3. The van der Waals surface area contributed by atoms with Gasteiger partial charge in [0.1, 0.15) is 5.82 Å². The van der Waals surface area contributed by atoms with Crippen LogP contribution in [-0.4, -0.2) is 48.7 Å². The molecule has 3 aliphatic rings. The number of amides is 2. The summed E-state index contributed by atoms with van der Waals surface area (Å²) in [6.45, 7) is 2.30. The summed E-state index contributed by atoms with van der Waals surface area (Å²) in [6.07, 6.45) is 5.10. The van der Waals surface area contributed by atoms with Crippen LogP contribution in [0.25, 0.3) is 0 Å². The van der Waals surface area contributed by atoms with Gasteiger partial charge in [0.05, 0.1) is 6.04 Å². The van der Waals surface area contributed by atoms with Gasteiger partial charge in [-0.2, -0.15) is 5.53 Å². The summed E-state index contributed by atoms with van der Waals surface area (Å²) in [4.78, 5) is 14.7. The Morgan fingerprint density at radius 2 is 1.96 bits per heavy atom. The highest BCUT2D eigenvalue weighted by Crippen LogP contribution is 2.26. The third kappa shape index (κ3) is 4.40. The van der Waals surface area contributed by atoms with Crippen LogP contribution in [0, 0.1) is 5.82 Å². The molecule has 7 nitrogen and oxygen atoms in total. The van der Waals surface area contributed by atoms with Gasteiger partial charge in [0.25, 0.3) is 0 Å². The van der Waals surface area contributed by atoms with Crippen molar-refractivity contribution in [3.05, 3.63) is 35.6 Å². The van der Waals surface area contributed by atoms with Gasteiger partial charge < -0.3 is 10.6 Å². The van der Waals surface area contributed by atoms with E-state index in [9.17, 15) is 9.18 Å². The third-order valence-corrected chi connectivity index (χ3v) is 6.00. The van der Waals surface area contributed by atoms with Crippen LogP contribution in [0.5, 0.6) is 0 Å². The quantitative estimate of drug-likeness (QED) is 0.533. The van der Waals surface area contributed by atoms with Crippen LogP contribution in [0.15, 0.2) is 24.3 Å². The Kier molecular flexibility index (Phi) is 5.87. The number of hydrogen-bond donors (Lipinski definition) is 5. The van der Waals surface area contributed by atoms with E-state index in [0.29, 0.717) is 24.2 Å². The zero-order valence-electron chi connectivity index (χ0n) is 15.5. The maximum absolute atomic E-state index is 14.3. The molecular weight excluding hydrogens is 347 g/mol. The van der Waals surface area contributed by atoms with Crippen LogP contribution in [0.1, 0.15) is 43.7 Å². The van der Waals surface area contributed by atoms with Gasteiger partial charge in [-0.25, -0.2) is 20.0 Å². The first-order valence-electron chi connectivity index (χ1n) is 9.99. The van der Waals surface area contributed by atoms with E-state index in [-0.39, 0.29) is 23.9 Å². The molecule has 1 aliphatic carbocycles. The molecule has 4 atom stereocenters.